The molecule has 1 unspecified atom stereocenters. The Morgan fingerprint density at radius 2 is 1.90 bits per heavy atom. The molecule has 0 radical (unpaired) electrons. The molecule has 2 nitrogen and oxygen atoms in total. The summed E-state index contributed by atoms with van der Waals surface area (Å²) in [5.41, 5.74) is 6.55. The lowest BCUT2D eigenvalue weighted by Crippen LogP contribution is -2.40. The number of hydrogen-bond donors (Lipinski definition) is 1. The third-order valence-electron chi connectivity index (χ3n) is 2.93. The monoisotopic (exact) mass is 304 g/mol. The van der Waals surface area contributed by atoms with Gasteiger partial charge in [0, 0.05) is 12.5 Å². The number of nitrogens with two attached hydrogens (primary N) is 1. The number of hydrogen-bond acceptors (Lipinski definition) is 2. The van der Waals surface area contributed by atoms with Crippen molar-refractivity contribution in [1.82, 2.24) is 4.90 Å². The van der Waals surface area contributed by atoms with Crippen molar-refractivity contribution in [3.8, 4) is 0 Å². The first-order valence-corrected chi connectivity index (χ1v) is 6.87. The summed E-state index contributed by atoms with van der Waals surface area (Å²) in [6, 6.07) is 9.17. The number of nitrogens with zero attached hydrogens (tertiary/aromatic N) is 1. The number of benzene rings is 1. The first-order chi connectivity index (χ1) is 9.33. The van der Waals surface area contributed by atoms with Gasteiger partial charge in [0.2, 0.25) is 0 Å². The zero-order chi connectivity index (χ0) is 15.2. The van der Waals surface area contributed by atoms with Gasteiger partial charge in [0.15, 0.2) is 0 Å². The van der Waals surface area contributed by atoms with E-state index in [2.05, 4.69) is 0 Å². The molecule has 0 aromatic heterocycles. The van der Waals surface area contributed by atoms with Crippen LogP contribution in [0.5, 0.6) is 0 Å². The smallest absolute Gasteiger partial charge is 0.393 e. The van der Waals surface area contributed by atoms with Gasteiger partial charge in [-0.1, -0.05) is 49.5 Å². The second-order valence-corrected chi connectivity index (χ2v) is 5.19. The average Bonchev–Trinajstić information content (AvgIpc) is 2.35. The zero-order valence-corrected chi connectivity index (χ0v) is 12.2. The number of thiocarbonyl (C=S) groups is 1. The molecule has 20 heavy (non-hydrogen) atoms. The highest BCUT2D eigenvalue weighted by molar-refractivity contribution is 7.80. The summed E-state index contributed by atoms with van der Waals surface area (Å²) in [5.74, 6) is -0.361. The van der Waals surface area contributed by atoms with Crippen LogP contribution in [0.3, 0.4) is 0 Å². The van der Waals surface area contributed by atoms with Crippen LogP contribution in [0.4, 0.5) is 13.2 Å². The molecule has 0 spiro atoms. The van der Waals surface area contributed by atoms with Gasteiger partial charge in [-0.15, -0.1) is 0 Å². The molecule has 0 heterocycles. The molecule has 0 fully saturated rings. The standard InChI is InChI=1S/C14H19F3N2S/c1-2-8-19(10-14(15,16)17)9-12(13(18)20)11-6-4-3-5-7-11/h3-7,12H,2,8-10H2,1H3,(H2,18,20). The Balaban J connectivity index is 2.84. The molecule has 1 atom stereocenters. The van der Waals surface area contributed by atoms with Gasteiger partial charge in [-0.3, -0.25) is 4.90 Å². The minimum absolute atomic E-state index is 0.187. The van der Waals surface area contributed by atoms with Crippen molar-refractivity contribution in [3.63, 3.8) is 0 Å². The van der Waals surface area contributed by atoms with Crippen molar-refractivity contribution in [2.45, 2.75) is 25.4 Å². The van der Waals surface area contributed by atoms with Crippen molar-refractivity contribution in [2.24, 2.45) is 5.73 Å². The van der Waals surface area contributed by atoms with E-state index < -0.39 is 12.7 Å². The molecule has 1 aromatic carbocycles. The fourth-order valence-electron chi connectivity index (χ4n) is 2.11. The van der Waals surface area contributed by atoms with Gasteiger partial charge in [-0.2, -0.15) is 13.2 Å². The molecule has 0 aliphatic rings. The van der Waals surface area contributed by atoms with Crippen LogP contribution >= 0.6 is 12.2 Å². The molecule has 0 aliphatic heterocycles. The maximum absolute atomic E-state index is 12.6. The van der Waals surface area contributed by atoms with Gasteiger partial charge in [-0.05, 0) is 18.5 Å². The summed E-state index contributed by atoms with van der Waals surface area (Å²) in [5, 5.41) is 0. The Labute approximate surface area is 122 Å². The van der Waals surface area contributed by atoms with Crippen LogP contribution in [-0.4, -0.2) is 35.7 Å². The Kier molecular flexibility index (Phi) is 6.42. The number of rotatable bonds is 7. The predicted molar refractivity (Wildman–Crippen MR) is 78.8 cm³/mol. The van der Waals surface area contributed by atoms with E-state index in [0.717, 1.165) is 5.56 Å². The normalized spacial score (nSPS) is 13.4. The maximum Gasteiger partial charge on any atom is 0.401 e. The van der Waals surface area contributed by atoms with Gasteiger partial charge in [0.05, 0.1) is 11.5 Å². The highest BCUT2D eigenvalue weighted by atomic mass is 32.1. The third kappa shape index (κ3) is 5.88. The Bertz CT molecular complexity index is 420. The van der Waals surface area contributed by atoms with Crippen LogP contribution in [0.25, 0.3) is 0 Å². The maximum atomic E-state index is 12.6. The lowest BCUT2D eigenvalue weighted by molar-refractivity contribution is -0.146. The highest BCUT2D eigenvalue weighted by Gasteiger charge is 2.31. The summed E-state index contributed by atoms with van der Waals surface area (Å²) in [6.07, 6.45) is -3.57. The fraction of sp³-hybridized carbons (Fsp3) is 0.500. The van der Waals surface area contributed by atoms with E-state index in [1.807, 2.05) is 37.3 Å². The first-order valence-electron chi connectivity index (χ1n) is 6.47. The molecular weight excluding hydrogens is 285 g/mol. The van der Waals surface area contributed by atoms with Gasteiger partial charge in [0.1, 0.15) is 0 Å². The molecule has 112 valence electrons. The van der Waals surface area contributed by atoms with Crippen LogP contribution < -0.4 is 5.73 Å². The quantitative estimate of drug-likeness (QED) is 0.784. The summed E-state index contributed by atoms with van der Waals surface area (Å²) in [4.78, 5) is 1.58. The predicted octanol–water partition coefficient (Wildman–Crippen LogP) is 3.33. The largest absolute Gasteiger partial charge is 0.401 e. The van der Waals surface area contributed by atoms with Crippen molar-refractivity contribution < 1.29 is 13.2 Å². The molecule has 0 aliphatic carbocycles. The minimum Gasteiger partial charge on any atom is -0.393 e. The topological polar surface area (TPSA) is 29.3 Å². The van der Waals surface area contributed by atoms with E-state index in [1.165, 1.54) is 4.90 Å². The second-order valence-electron chi connectivity index (χ2n) is 4.72. The van der Waals surface area contributed by atoms with Crippen LogP contribution in [0.15, 0.2) is 30.3 Å². The van der Waals surface area contributed by atoms with Crippen LogP contribution in [0, 0.1) is 0 Å². The van der Waals surface area contributed by atoms with E-state index in [9.17, 15) is 13.2 Å². The van der Waals surface area contributed by atoms with Crippen molar-refractivity contribution in [2.75, 3.05) is 19.6 Å². The van der Waals surface area contributed by atoms with Crippen molar-refractivity contribution >= 4 is 17.2 Å². The summed E-state index contributed by atoms with van der Waals surface area (Å²) in [7, 11) is 0. The van der Waals surface area contributed by atoms with E-state index in [0.29, 0.717) is 13.0 Å². The molecule has 0 saturated carbocycles. The highest BCUT2D eigenvalue weighted by Crippen LogP contribution is 2.22. The molecule has 1 aromatic rings. The van der Waals surface area contributed by atoms with Crippen LogP contribution in [0.2, 0.25) is 0 Å². The fourth-order valence-corrected chi connectivity index (χ4v) is 2.32. The molecular formula is C14H19F3N2S. The Hall–Kier alpha value is -1.14. The first kappa shape index (κ1) is 16.9. The molecule has 1 rings (SSSR count). The molecule has 6 heteroatoms. The SMILES string of the molecule is CCCN(CC(C(N)=S)c1ccccc1)CC(F)(F)F. The van der Waals surface area contributed by atoms with E-state index >= 15 is 0 Å². The van der Waals surface area contributed by atoms with Gasteiger partial charge in [0.25, 0.3) is 0 Å². The number of halogens is 3. The van der Waals surface area contributed by atoms with Gasteiger partial charge in [-0.25, -0.2) is 0 Å². The van der Waals surface area contributed by atoms with Crippen molar-refractivity contribution in [1.29, 1.82) is 0 Å². The van der Waals surface area contributed by atoms with Crippen molar-refractivity contribution in [3.05, 3.63) is 35.9 Å². The van der Waals surface area contributed by atoms with E-state index in [1.54, 1.807) is 0 Å². The van der Waals surface area contributed by atoms with Crippen LogP contribution in [0.1, 0.15) is 24.8 Å². The Morgan fingerprint density at radius 3 is 2.35 bits per heavy atom. The molecule has 0 bridgehead atoms. The van der Waals surface area contributed by atoms with Crippen LogP contribution in [-0.2, 0) is 0 Å². The van der Waals surface area contributed by atoms with E-state index in [4.69, 9.17) is 18.0 Å². The minimum atomic E-state index is -4.22. The lowest BCUT2D eigenvalue weighted by Gasteiger charge is -2.27. The van der Waals surface area contributed by atoms with E-state index in [-0.39, 0.29) is 17.5 Å². The summed E-state index contributed by atoms with van der Waals surface area (Å²) in [6.45, 7) is 1.46. The lowest BCUT2D eigenvalue weighted by atomic mass is 9.98. The summed E-state index contributed by atoms with van der Waals surface area (Å²) >= 11 is 5.01. The van der Waals surface area contributed by atoms with Gasteiger partial charge < -0.3 is 5.73 Å². The second kappa shape index (κ2) is 7.59. The molecule has 0 amide bonds. The van der Waals surface area contributed by atoms with Gasteiger partial charge >= 0.3 is 6.18 Å². The number of alkyl halides is 3. The third-order valence-corrected chi connectivity index (χ3v) is 3.21. The zero-order valence-electron chi connectivity index (χ0n) is 11.4. The Morgan fingerprint density at radius 1 is 1.30 bits per heavy atom. The molecule has 2 N–H and O–H groups in total. The molecule has 0 saturated heterocycles. The average molecular weight is 304 g/mol. The summed E-state index contributed by atoms with van der Waals surface area (Å²) < 4.78 is 37.7.